The van der Waals surface area contributed by atoms with Crippen LogP contribution in [0.1, 0.15) is 45.2 Å². The van der Waals surface area contributed by atoms with Gasteiger partial charge in [-0.15, -0.1) is 0 Å². The van der Waals surface area contributed by atoms with Gasteiger partial charge in [0.2, 0.25) is 0 Å². The molecule has 0 heterocycles. The molecule has 0 aliphatic heterocycles. The van der Waals surface area contributed by atoms with Gasteiger partial charge in [0, 0.05) is 0 Å². The molecule has 2 aliphatic rings. The Morgan fingerprint density at radius 1 is 0.800 bits per heavy atom. The zero-order valence-corrected chi connectivity index (χ0v) is 22.0. The first-order chi connectivity index (χ1) is 13.5. The van der Waals surface area contributed by atoms with Crippen molar-refractivity contribution in [1.29, 1.82) is 0 Å². The summed E-state index contributed by atoms with van der Waals surface area (Å²) in [4.78, 5) is 0. The third kappa shape index (κ3) is 5.13. The van der Waals surface area contributed by atoms with Gasteiger partial charge in [0.25, 0.3) is 0 Å². The van der Waals surface area contributed by atoms with Crippen molar-refractivity contribution in [2.24, 2.45) is 5.92 Å². The van der Waals surface area contributed by atoms with Crippen LogP contribution in [0.3, 0.4) is 0 Å². The van der Waals surface area contributed by atoms with Crippen molar-refractivity contribution in [3.63, 3.8) is 0 Å². The van der Waals surface area contributed by atoms with Crippen LogP contribution in [0.15, 0.2) is 102 Å². The van der Waals surface area contributed by atoms with E-state index in [0.29, 0.717) is 5.92 Å². The van der Waals surface area contributed by atoms with E-state index < -0.39 is 21.3 Å². The van der Waals surface area contributed by atoms with Crippen molar-refractivity contribution in [1.82, 2.24) is 0 Å². The van der Waals surface area contributed by atoms with E-state index >= 15 is 0 Å². The second-order valence-electron chi connectivity index (χ2n) is 8.11. The van der Waals surface area contributed by atoms with E-state index in [9.17, 15) is 0 Å². The molecule has 0 N–H and O–H groups in total. The fraction of sp³-hybridized carbons (Fsp3) is 0.222. The number of benzene rings is 2. The Morgan fingerprint density at radius 3 is 1.73 bits per heavy atom. The van der Waals surface area contributed by atoms with Crippen molar-refractivity contribution in [2.45, 2.75) is 34.1 Å². The van der Waals surface area contributed by atoms with Crippen molar-refractivity contribution < 1.29 is 46.1 Å². The summed E-state index contributed by atoms with van der Waals surface area (Å²) in [6.07, 6.45) is 8.55. The Morgan fingerprint density at radius 2 is 1.33 bits per heavy atom. The van der Waals surface area contributed by atoms with Gasteiger partial charge in [-0.05, 0) is 0 Å². The van der Waals surface area contributed by atoms with Crippen LogP contribution < -0.4 is 24.8 Å². The first kappa shape index (κ1) is 25.0. The van der Waals surface area contributed by atoms with Crippen LogP contribution in [0.5, 0.6) is 0 Å². The van der Waals surface area contributed by atoms with E-state index in [4.69, 9.17) is 0 Å². The van der Waals surface area contributed by atoms with E-state index in [-0.39, 0.29) is 24.8 Å². The summed E-state index contributed by atoms with van der Waals surface area (Å²) < 4.78 is 5.10. The van der Waals surface area contributed by atoms with Crippen molar-refractivity contribution >= 4 is 3.21 Å². The summed E-state index contributed by atoms with van der Waals surface area (Å²) in [5.41, 5.74) is 7.29. The second kappa shape index (κ2) is 10.9. The van der Waals surface area contributed by atoms with Crippen LogP contribution in [-0.4, -0.2) is 3.21 Å². The minimum atomic E-state index is -2.32. The molecule has 2 aliphatic carbocycles. The van der Waals surface area contributed by atoms with Crippen molar-refractivity contribution in [2.75, 3.05) is 0 Å². The van der Waals surface area contributed by atoms with E-state index in [1.54, 1.807) is 9.77 Å². The molecule has 0 bridgehead atoms. The summed E-state index contributed by atoms with van der Waals surface area (Å²) in [6, 6.07) is 22.3. The molecule has 0 saturated carbocycles. The molecule has 2 aromatic carbocycles. The summed E-state index contributed by atoms with van der Waals surface area (Å²) in [5, 5.41) is 0. The van der Waals surface area contributed by atoms with Gasteiger partial charge < -0.3 is 24.8 Å². The van der Waals surface area contributed by atoms with Crippen LogP contribution in [0.25, 0.3) is 0 Å². The molecular formula is C27H28Cl2Zr. The van der Waals surface area contributed by atoms with E-state index in [1.807, 2.05) is 0 Å². The standard InChI is InChI=1S/C13H10.2C7H9.2ClH.Zr/c1-3-7-12(8-4-1)11-13-9-5-2-6-10-13;2*1-6-3-4-7(2)5-6;;;/h1-10H;5H,3H2,1-2H3;3,5,7H,1-2H3;2*1H;/q;;;;;+2/p-2. The largest absolute Gasteiger partial charge is 1.00 e. The first-order valence-electron chi connectivity index (χ1n) is 10.2. The van der Waals surface area contributed by atoms with Gasteiger partial charge in [-0.25, -0.2) is 0 Å². The minimum absolute atomic E-state index is 0. The van der Waals surface area contributed by atoms with Crippen LogP contribution in [0.2, 0.25) is 0 Å². The molecule has 4 rings (SSSR count). The normalized spacial score (nSPS) is 17.2. The van der Waals surface area contributed by atoms with E-state index in [0.717, 1.165) is 6.42 Å². The summed E-state index contributed by atoms with van der Waals surface area (Å²) in [5.74, 6) is 0.554. The molecule has 2 aromatic rings. The number of rotatable bonds is 4. The number of hydrogen-bond donors (Lipinski definition) is 0. The molecule has 1 atom stereocenters. The molecular weight excluding hydrogens is 486 g/mol. The van der Waals surface area contributed by atoms with Gasteiger partial charge in [0.05, 0.1) is 0 Å². The second-order valence-corrected chi connectivity index (χ2v) is 14.1. The molecule has 0 aromatic heterocycles. The Hall–Kier alpha value is -1.27. The maximum Gasteiger partial charge on any atom is -1.00 e. The Bertz CT molecular complexity index is 1010. The molecule has 30 heavy (non-hydrogen) atoms. The van der Waals surface area contributed by atoms with Gasteiger partial charge in [-0.1, -0.05) is 0 Å². The van der Waals surface area contributed by atoms with E-state index in [1.165, 1.54) is 27.8 Å². The topological polar surface area (TPSA) is 0 Å². The summed E-state index contributed by atoms with van der Waals surface area (Å²) in [6.45, 7) is 9.27. The number of halogens is 2. The third-order valence-electron chi connectivity index (χ3n) is 5.75. The number of hydrogen-bond acceptors (Lipinski definition) is 0. The molecule has 0 spiro atoms. The maximum absolute atomic E-state index is 2.51. The molecule has 1 unspecified atom stereocenters. The molecule has 0 fully saturated rings. The minimum Gasteiger partial charge on any atom is -1.00 e. The van der Waals surface area contributed by atoms with Gasteiger partial charge in [-0.3, -0.25) is 0 Å². The SMILES string of the molecule is CC1=CC(C)[C]([Zr+2]([C]2=C(C)C=C(C)C2)=[C](c2ccccc2)c2ccccc2)=C1.[Cl-].[Cl-]. The maximum atomic E-state index is 2.51. The van der Waals surface area contributed by atoms with Gasteiger partial charge in [0.15, 0.2) is 0 Å². The third-order valence-corrected chi connectivity index (χ3v) is 14.2. The molecule has 0 nitrogen and oxygen atoms in total. The zero-order valence-electron chi connectivity index (χ0n) is 18.0. The molecule has 0 radical (unpaired) electrons. The molecule has 0 saturated heterocycles. The van der Waals surface area contributed by atoms with Crippen LogP contribution >= 0.6 is 0 Å². The average Bonchev–Trinajstić information content (AvgIpc) is 3.20. The fourth-order valence-corrected chi connectivity index (χ4v) is 13.6. The summed E-state index contributed by atoms with van der Waals surface area (Å²) >= 11 is -2.32. The predicted molar refractivity (Wildman–Crippen MR) is 118 cm³/mol. The fourth-order valence-electron chi connectivity index (χ4n) is 4.55. The molecule has 0 amide bonds. The first-order valence-corrected chi connectivity index (χ1v) is 13.9. The monoisotopic (exact) mass is 512 g/mol. The van der Waals surface area contributed by atoms with Crippen LogP contribution in [0.4, 0.5) is 0 Å². The number of allylic oxidation sites excluding steroid dienone is 8. The average molecular weight is 515 g/mol. The van der Waals surface area contributed by atoms with E-state index in [2.05, 4.69) is 107 Å². The Kier molecular flexibility index (Phi) is 9.04. The zero-order chi connectivity index (χ0) is 19.7. The van der Waals surface area contributed by atoms with Crippen molar-refractivity contribution in [3.05, 3.63) is 113 Å². The van der Waals surface area contributed by atoms with Gasteiger partial charge in [0.1, 0.15) is 0 Å². The quantitative estimate of drug-likeness (QED) is 0.571. The predicted octanol–water partition coefficient (Wildman–Crippen LogP) is 0.986. The van der Waals surface area contributed by atoms with Gasteiger partial charge >= 0.3 is 178 Å². The molecule has 3 heteroatoms. The Labute approximate surface area is 201 Å². The Balaban J connectivity index is 0.00000160. The molecule has 154 valence electrons. The van der Waals surface area contributed by atoms with Crippen LogP contribution in [-0.2, 0) is 21.3 Å². The van der Waals surface area contributed by atoms with Gasteiger partial charge in [-0.2, -0.15) is 0 Å². The summed E-state index contributed by atoms with van der Waals surface area (Å²) in [7, 11) is 0. The van der Waals surface area contributed by atoms with Crippen LogP contribution in [0, 0.1) is 5.92 Å². The smallest absolute Gasteiger partial charge is 1.00 e. The van der Waals surface area contributed by atoms with Crippen molar-refractivity contribution in [3.8, 4) is 0 Å².